The average molecular weight is 355 g/mol. The first-order chi connectivity index (χ1) is 10.2. The topological polar surface area (TPSA) is 61.4 Å². The Labute approximate surface area is 134 Å². The van der Waals surface area contributed by atoms with Crippen LogP contribution >= 0.6 is 15.9 Å². The van der Waals surface area contributed by atoms with Crippen molar-refractivity contribution >= 4 is 27.5 Å². The Morgan fingerprint density at radius 1 is 1.19 bits per heavy atom. The Morgan fingerprint density at radius 3 is 2.52 bits per heavy atom. The number of rotatable bonds is 6. The van der Waals surface area contributed by atoms with E-state index in [1.807, 2.05) is 24.3 Å². The SMILES string of the molecule is O=C(CNCC1CCCCC1CO)Nc1ccc(Br)cc1. The van der Waals surface area contributed by atoms with Gasteiger partial charge in [0.25, 0.3) is 0 Å². The lowest BCUT2D eigenvalue weighted by Gasteiger charge is -2.30. The van der Waals surface area contributed by atoms with E-state index in [0.29, 0.717) is 18.4 Å². The summed E-state index contributed by atoms with van der Waals surface area (Å²) in [5.41, 5.74) is 0.802. The normalized spacial score (nSPS) is 22.0. The van der Waals surface area contributed by atoms with E-state index in [-0.39, 0.29) is 12.5 Å². The molecule has 0 aliphatic heterocycles. The molecule has 1 aromatic carbocycles. The summed E-state index contributed by atoms with van der Waals surface area (Å²) in [5.74, 6) is 0.846. The quantitative estimate of drug-likeness (QED) is 0.735. The van der Waals surface area contributed by atoms with Gasteiger partial charge in [0, 0.05) is 16.8 Å². The Kier molecular flexibility index (Phi) is 6.67. The van der Waals surface area contributed by atoms with Gasteiger partial charge in [0.1, 0.15) is 0 Å². The zero-order valence-corrected chi connectivity index (χ0v) is 13.7. The van der Waals surface area contributed by atoms with Crippen LogP contribution in [0.25, 0.3) is 0 Å². The molecule has 0 saturated heterocycles. The predicted molar refractivity (Wildman–Crippen MR) is 88.2 cm³/mol. The summed E-state index contributed by atoms with van der Waals surface area (Å²) in [6, 6.07) is 7.53. The van der Waals surface area contributed by atoms with Gasteiger partial charge in [-0.3, -0.25) is 4.79 Å². The molecule has 0 radical (unpaired) electrons. The van der Waals surface area contributed by atoms with E-state index in [1.54, 1.807) is 0 Å². The fraction of sp³-hybridized carbons (Fsp3) is 0.562. The predicted octanol–water partition coefficient (Wildman–Crippen LogP) is 2.78. The van der Waals surface area contributed by atoms with Gasteiger partial charge in [0.2, 0.25) is 5.91 Å². The number of carbonyl (C=O) groups excluding carboxylic acids is 1. The van der Waals surface area contributed by atoms with Crippen molar-refractivity contribution in [2.45, 2.75) is 25.7 Å². The molecule has 0 bridgehead atoms. The Bertz CT molecular complexity index is 450. The van der Waals surface area contributed by atoms with Crippen LogP contribution in [0.4, 0.5) is 5.69 Å². The van der Waals surface area contributed by atoms with Gasteiger partial charge in [-0.25, -0.2) is 0 Å². The van der Waals surface area contributed by atoms with Crippen LogP contribution < -0.4 is 10.6 Å². The highest BCUT2D eigenvalue weighted by molar-refractivity contribution is 9.10. The van der Waals surface area contributed by atoms with Gasteiger partial charge in [0.15, 0.2) is 0 Å². The van der Waals surface area contributed by atoms with Gasteiger partial charge < -0.3 is 15.7 Å². The number of carbonyl (C=O) groups is 1. The van der Waals surface area contributed by atoms with E-state index in [2.05, 4.69) is 26.6 Å². The number of hydrogen-bond acceptors (Lipinski definition) is 3. The number of aliphatic hydroxyl groups is 1. The van der Waals surface area contributed by atoms with E-state index in [0.717, 1.165) is 29.5 Å². The van der Waals surface area contributed by atoms with Crippen molar-refractivity contribution in [2.75, 3.05) is 25.0 Å². The second-order valence-corrected chi connectivity index (χ2v) is 6.59. The zero-order valence-electron chi connectivity index (χ0n) is 12.1. The second-order valence-electron chi connectivity index (χ2n) is 5.67. The van der Waals surface area contributed by atoms with Gasteiger partial charge in [-0.05, 0) is 55.5 Å². The van der Waals surface area contributed by atoms with Crippen molar-refractivity contribution in [1.29, 1.82) is 0 Å². The Balaban J connectivity index is 1.70. The van der Waals surface area contributed by atoms with Crippen LogP contribution in [0.15, 0.2) is 28.7 Å². The first kappa shape index (κ1) is 16.5. The Hall–Kier alpha value is -0.910. The van der Waals surface area contributed by atoms with E-state index in [1.165, 1.54) is 12.8 Å². The van der Waals surface area contributed by atoms with Crippen molar-refractivity contribution in [2.24, 2.45) is 11.8 Å². The molecule has 21 heavy (non-hydrogen) atoms. The van der Waals surface area contributed by atoms with Gasteiger partial charge in [-0.2, -0.15) is 0 Å². The highest BCUT2D eigenvalue weighted by Gasteiger charge is 2.24. The standard InChI is InChI=1S/C16H23BrN2O2/c17-14-5-7-15(8-6-14)19-16(21)10-18-9-12-3-1-2-4-13(12)11-20/h5-8,12-13,18,20H,1-4,9-11H2,(H,19,21). The van der Waals surface area contributed by atoms with Gasteiger partial charge >= 0.3 is 0 Å². The molecule has 1 amide bonds. The summed E-state index contributed by atoms with van der Waals surface area (Å²) in [4.78, 5) is 11.9. The summed E-state index contributed by atoms with van der Waals surface area (Å²) in [7, 11) is 0. The maximum atomic E-state index is 11.9. The lowest BCUT2D eigenvalue weighted by atomic mass is 9.79. The van der Waals surface area contributed by atoms with Gasteiger partial charge in [-0.1, -0.05) is 28.8 Å². The number of halogens is 1. The molecule has 1 fully saturated rings. The van der Waals surface area contributed by atoms with E-state index in [9.17, 15) is 9.90 Å². The van der Waals surface area contributed by atoms with Crippen molar-refractivity contribution in [1.82, 2.24) is 5.32 Å². The number of benzene rings is 1. The lowest BCUT2D eigenvalue weighted by Crippen LogP contribution is -2.36. The van der Waals surface area contributed by atoms with Crippen molar-refractivity contribution in [3.05, 3.63) is 28.7 Å². The zero-order chi connectivity index (χ0) is 15.1. The number of anilines is 1. The van der Waals surface area contributed by atoms with Crippen LogP contribution in [0.1, 0.15) is 25.7 Å². The van der Waals surface area contributed by atoms with E-state index in [4.69, 9.17) is 0 Å². The molecule has 1 saturated carbocycles. The first-order valence-electron chi connectivity index (χ1n) is 7.56. The summed E-state index contributed by atoms with van der Waals surface area (Å²) in [6.07, 6.45) is 4.69. The van der Waals surface area contributed by atoms with Crippen LogP contribution in [-0.4, -0.2) is 30.7 Å². The van der Waals surface area contributed by atoms with Crippen molar-refractivity contribution in [3.8, 4) is 0 Å². The third-order valence-corrected chi connectivity index (χ3v) is 4.65. The molecular weight excluding hydrogens is 332 g/mol. The number of nitrogens with one attached hydrogen (secondary N) is 2. The van der Waals surface area contributed by atoms with E-state index >= 15 is 0 Å². The minimum Gasteiger partial charge on any atom is -0.396 e. The summed E-state index contributed by atoms with van der Waals surface area (Å²) in [5, 5.41) is 15.5. The molecule has 2 rings (SSSR count). The van der Waals surface area contributed by atoms with Crippen LogP contribution in [0, 0.1) is 11.8 Å². The summed E-state index contributed by atoms with van der Waals surface area (Å²) in [6.45, 7) is 1.38. The highest BCUT2D eigenvalue weighted by Crippen LogP contribution is 2.28. The number of amides is 1. The molecule has 2 unspecified atom stereocenters. The monoisotopic (exact) mass is 354 g/mol. The Morgan fingerprint density at radius 2 is 1.86 bits per heavy atom. The van der Waals surface area contributed by atoms with Crippen LogP contribution in [-0.2, 0) is 4.79 Å². The third-order valence-electron chi connectivity index (χ3n) is 4.12. The van der Waals surface area contributed by atoms with Crippen molar-refractivity contribution in [3.63, 3.8) is 0 Å². The van der Waals surface area contributed by atoms with Gasteiger partial charge in [0.05, 0.1) is 6.54 Å². The molecular formula is C16H23BrN2O2. The highest BCUT2D eigenvalue weighted by atomic mass is 79.9. The molecule has 0 heterocycles. The summed E-state index contributed by atoms with van der Waals surface area (Å²) < 4.78 is 0.992. The largest absolute Gasteiger partial charge is 0.396 e. The minimum absolute atomic E-state index is 0.0336. The van der Waals surface area contributed by atoms with E-state index < -0.39 is 0 Å². The summed E-state index contributed by atoms with van der Waals surface area (Å²) >= 11 is 3.36. The fourth-order valence-corrected chi connectivity index (χ4v) is 3.17. The number of aliphatic hydroxyl groups excluding tert-OH is 1. The molecule has 2 atom stereocenters. The first-order valence-corrected chi connectivity index (χ1v) is 8.35. The molecule has 0 spiro atoms. The maximum Gasteiger partial charge on any atom is 0.238 e. The molecule has 0 aromatic heterocycles. The van der Waals surface area contributed by atoms with Crippen molar-refractivity contribution < 1.29 is 9.90 Å². The average Bonchev–Trinajstić information content (AvgIpc) is 2.50. The van der Waals surface area contributed by atoms with Crippen LogP contribution in [0.2, 0.25) is 0 Å². The number of hydrogen-bond donors (Lipinski definition) is 3. The molecule has 1 aliphatic rings. The molecule has 1 aliphatic carbocycles. The fourth-order valence-electron chi connectivity index (χ4n) is 2.90. The lowest BCUT2D eigenvalue weighted by molar-refractivity contribution is -0.115. The van der Waals surface area contributed by atoms with Crippen LogP contribution in [0.3, 0.4) is 0 Å². The minimum atomic E-state index is -0.0336. The smallest absolute Gasteiger partial charge is 0.238 e. The maximum absolute atomic E-state index is 11.9. The third kappa shape index (κ3) is 5.41. The molecule has 116 valence electrons. The molecule has 4 nitrogen and oxygen atoms in total. The second kappa shape index (κ2) is 8.51. The molecule has 1 aromatic rings. The molecule has 5 heteroatoms. The van der Waals surface area contributed by atoms with Crippen LogP contribution in [0.5, 0.6) is 0 Å². The molecule has 3 N–H and O–H groups in total. The van der Waals surface area contributed by atoms with Gasteiger partial charge in [-0.15, -0.1) is 0 Å².